The van der Waals surface area contributed by atoms with Crippen LogP contribution in [0.4, 0.5) is 9.18 Å². The molecule has 1 unspecified atom stereocenters. The molecule has 2 aromatic rings. The third-order valence-corrected chi connectivity index (χ3v) is 4.82. The van der Waals surface area contributed by atoms with Crippen molar-refractivity contribution in [3.63, 3.8) is 0 Å². The summed E-state index contributed by atoms with van der Waals surface area (Å²) < 4.78 is 24.8. The summed E-state index contributed by atoms with van der Waals surface area (Å²) in [5.41, 5.74) is 1.97. The lowest BCUT2D eigenvalue weighted by atomic mass is 10.0. The maximum atomic E-state index is 13.7. The van der Waals surface area contributed by atoms with E-state index in [1.54, 1.807) is 6.07 Å². The fourth-order valence-electron chi connectivity index (χ4n) is 3.35. The Kier molecular flexibility index (Phi) is 7.84. The number of carbonyl (C=O) groups is 1. The number of nitrogens with one attached hydrogen (secondary N) is 2. The predicted molar refractivity (Wildman–Crippen MR) is 110 cm³/mol. The molecule has 1 fully saturated rings. The SMILES string of the molecule is Cc1cccc(OCCNC(=O)NCC(c2cccc(F)c2)N2CCOCC2)c1. The molecule has 6 nitrogen and oxygen atoms in total. The maximum absolute atomic E-state index is 13.7. The molecule has 2 aromatic carbocycles. The molecule has 0 aliphatic carbocycles. The summed E-state index contributed by atoms with van der Waals surface area (Å²) in [7, 11) is 0. The van der Waals surface area contributed by atoms with E-state index in [2.05, 4.69) is 15.5 Å². The third-order valence-electron chi connectivity index (χ3n) is 4.82. The van der Waals surface area contributed by atoms with E-state index in [4.69, 9.17) is 9.47 Å². The summed E-state index contributed by atoms with van der Waals surface area (Å²) in [6.45, 7) is 5.91. The first-order valence-corrected chi connectivity index (χ1v) is 9.90. The van der Waals surface area contributed by atoms with Crippen LogP contribution in [-0.2, 0) is 4.74 Å². The standard InChI is InChI=1S/C22H28FN3O3/c1-17-4-2-7-20(14-17)29-11-8-24-22(27)25-16-21(26-9-12-28-13-10-26)18-5-3-6-19(23)15-18/h2-7,14-15,21H,8-13,16H2,1H3,(H2,24,25,27). The Hall–Kier alpha value is -2.64. The molecule has 2 N–H and O–H groups in total. The molecule has 0 radical (unpaired) electrons. The van der Waals surface area contributed by atoms with Gasteiger partial charge in [0.25, 0.3) is 0 Å². The van der Waals surface area contributed by atoms with Gasteiger partial charge in [-0.15, -0.1) is 0 Å². The van der Waals surface area contributed by atoms with Gasteiger partial charge < -0.3 is 20.1 Å². The number of halogens is 1. The van der Waals surface area contributed by atoms with E-state index >= 15 is 0 Å². The van der Waals surface area contributed by atoms with Crippen LogP contribution in [0.3, 0.4) is 0 Å². The number of aryl methyl sites for hydroxylation is 1. The second kappa shape index (κ2) is 10.8. The molecule has 29 heavy (non-hydrogen) atoms. The number of morpholine rings is 1. The van der Waals surface area contributed by atoms with Crippen LogP contribution < -0.4 is 15.4 Å². The third kappa shape index (κ3) is 6.73. The summed E-state index contributed by atoms with van der Waals surface area (Å²) in [5, 5.41) is 5.69. The van der Waals surface area contributed by atoms with Gasteiger partial charge in [0.15, 0.2) is 0 Å². The van der Waals surface area contributed by atoms with Gasteiger partial charge in [-0.05, 0) is 42.3 Å². The van der Waals surface area contributed by atoms with Crippen LogP contribution in [0.25, 0.3) is 0 Å². The van der Waals surface area contributed by atoms with Crippen molar-refractivity contribution in [1.82, 2.24) is 15.5 Å². The van der Waals surface area contributed by atoms with Gasteiger partial charge in [-0.1, -0.05) is 24.3 Å². The molecule has 1 aliphatic rings. The van der Waals surface area contributed by atoms with Crippen molar-refractivity contribution in [3.05, 3.63) is 65.5 Å². The van der Waals surface area contributed by atoms with Gasteiger partial charge in [0.05, 0.1) is 25.8 Å². The van der Waals surface area contributed by atoms with Crippen molar-refractivity contribution in [1.29, 1.82) is 0 Å². The molecule has 0 saturated carbocycles. The van der Waals surface area contributed by atoms with Crippen LogP contribution in [0, 0.1) is 12.7 Å². The van der Waals surface area contributed by atoms with Gasteiger partial charge in [-0.2, -0.15) is 0 Å². The molecule has 2 amide bonds. The van der Waals surface area contributed by atoms with Crippen LogP contribution in [0.15, 0.2) is 48.5 Å². The van der Waals surface area contributed by atoms with Crippen LogP contribution in [0.1, 0.15) is 17.2 Å². The number of hydrogen-bond donors (Lipinski definition) is 2. The summed E-state index contributed by atoms with van der Waals surface area (Å²) >= 11 is 0. The summed E-state index contributed by atoms with van der Waals surface area (Å²) in [4.78, 5) is 14.4. The smallest absolute Gasteiger partial charge is 0.314 e. The molecular weight excluding hydrogens is 373 g/mol. The van der Waals surface area contributed by atoms with Crippen molar-refractivity contribution in [3.8, 4) is 5.75 Å². The van der Waals surface area contributed by atoms with E-state index in [1.807, 2.05) is 37.3 Å². The number of nitrogens with zero attached hydrogens (tertiary/aromatic N) is 1. The quantitative estimate of drug-likeness (QED) is 0.668. The van der Waals surface area contributed by atoms with Crippen molar-refractivity contribution < 1.29 is 18.7 Å². The van der Waals surface area contributed by atoms with Crippen molar-refractivity contribution in [2.45, 2.75) is 13.0 Å². The number of amides is 2. The molecule has 0 aromatic heterocycles. The molecular formula is C22H28FN3O3. The molecule has 156 valence electrons. The highest BCUT2D eigenvalue weighted by Crippen LogP contribution is 2.22. The molecule has 0 bridgehead atoms. The lowest BCUT2D eigenvalue weighted by Crippen LogP contribution is -2.46. The van der Waals surface area contributed by atoms with E-state index in [1.165, 1.54) is 12.1 Å². The number of carbonyl (C=O) groups excluding carboxylic acids is 1. The average Bonchev–Trinajstić information content (AvgIpc) is 2.72. The second-order valence-corrected chi connectivity index (χ2v) is 7.02. The molecule has 1 heterocycles. The van der Waals surface area contributed by atoms with Gasteiger partial charge in [0.2, 0.25) is 0 Å². The molecule has 7 heteroatoms. The Bertz CT molecular complexity index is 796. The monoisotopic (exact) mass is 401 g/mol. The molecule has 1 aliphatic heterocycles. The van der Waals surface area contributed by atoms with E-state index < -0.39 is 0 Å². The van der Waals surface area contributed by atoms with Gasteiger partial charge in [0.1, 0.15) is 18.2 Å². The number of rotatable bonds is 8. The van der Waals surface area contributed by atoms with Gasteiger partial charge in [0, 0.05) is 19.6 Å². The van der Waals surface area contributed by atoms with Crippen LogP contribution in [0.5, 0.6) is 5.75 Å². The largest absolute Gasteiger partial charge is 0.492 e. The van der Waals surface area contributed by atoms with Crippen molar-refractivity contribution in [2.75, 3.05) is 46.0 Å². The highest BCUT2D eigenvalue weighted by molar-refractivity contribution is 5.73. The Morgan fingerprint density at radius 3 is 2.72 bits per heavy atom. The lowest BCUT2D eigenvalue weighted by molar-refractivity contribution is 0.0166. The number of benzene rings is 2. The topological polar surface area (TPSA) is 62.8 Å². The summed E-state index contributed by atoms with van der Waals surface area (Å²) in [6, 6.07) is 13.9. The van der Waals surface area contributed by atoms with E-state index in [0.29, 0.717) is 32.9 Å². The van der Waals surface area contributed by atoms with Crippen LogP contribution >= 0.6 is 0 Å². The Morgan fingerprint density at radius 1 is 1.17 bits per heavy atom. The first kappa shape index (κ1) is 21.1. The summed E-state index contributed by atoms with van der Waals surface area (Å²) in [5.74, 6) is 0.504. The number of urea groups is 1. The normalized spacial score (nSPS) is 15.5. The summed E-state index contributed by atoms with van der Waals surface area (Å²) in [6.07, 6.45) is 0. The number of ether oxygens (including phenoxy) is 2. The first-order valence-electron chi connectivity index (χ1n) is 9.90. The zero-order valence-corrected chi connectivity index (χ0v) is 16.7. The van der Waals surface area contributed by atoms with E-state index in [-0.39, 0.29) is 17.9 Å². The minimum Gasteiger partial charge on any atom is -0.492 e. The van der Waals surface area contributed by atoms with Crippen molar-refractivity contribution >= 4 is 6.03 Å². The average molecular weight is 401 g/mol. The highest BCUT2D eigenvalue weighted by atomic mass is 19.1. The van der Waals surface area contributed by atoms with E-state index in [0.717, 1.165) is 30.0 Å². The Morgan fingerprint density at radius 2 is 1.97 bits per heavy atom. The number of hydrogen-bond acceptors (Lipinski definition) is 4. The van der Waals surface area contributed by atoms with Gasteiger partial charge in [-0.25, -0.2) is 9.18 Å². The molecule has 0 spiro atoms. The molecule has 3 rings (SSSR count). The fourth-order valence-corrected chi connectivity index (χ4v) is 3.35. The van der Waals surface area contributed by atoms with Crippen LogP contribution in [-0.4, -0.2) is 56.9 Å². The highest BCUT2D eigenvalue weighted by Gasteiger charge is 2.23. The Balaban J connectivity index is 1.47. The lowest BCUT2D eigenvalue weighted by Gasteiger charge is -2.35. The minimum atomic E-state index is -0.279. The maximum Gasteiger partial charge on any atom is 0.314 e. The molecule has 1 saturated heterocycles. The van der Waals surface area contributed by atoms with Gasteiger partial charge in [-0.3, -0.25) is 4.90 Å². The fraction of sp³-hybridized carbons (Fsp3) is 0.409. The zero-order chi connectivity index (χ0) is 20.5. The first-order chi connectivity index (χ1) is 14.1. The van der Waals surface area contributed by atoms with E-state index in [9.17, 15) is 9.18 Å². The van der Waals surface area contributed by atoms with Crippen molar-refractivity contribution in [2.24, 2.45) is 0 Å². The molecule has 1 atom stereocenters. The van der Waals surface area contributed by atoms with Crippen LogP contribution in [0.2, 0.25) is 0 Å². The Labute approximate surface area is 171 Å². The minimum absolute atomic E-state index is 0.108. The zero-order valence-electron chi connectivity index (χ0n) is 16.7. The second-order valence-electron chi connectivity index (χ2n) is 7.02. The predicted octanol–water partition coefficient (Wildman–Crippen LogP) is 2.89. The van der Waals surface area contributed by atoms with Gasteiger partial charge >= 0.3 is 6.03 Å².